The average molecular weight is 433 g/mol. The summed E-state index contributed by atoms with van der Waals surface area (Å²) in [6, 6.07) is 18.3. The van der Waals surface area contributed by atoms with Crippen molar-refractivity contribution in [3.05, 3.63) is 98.7 Å². The summed E-state index contributed by atoms with van der Waals surface area (Å²) in [5.41, 5.74) is 6.91. The van der Waals surface area contributed by atoms with Crippen LogP contribution in [0, 0.1) is 6.92 Å². The molecule has 0 aliphatic carbocycles. The van der Waals surface area contributed by atoms with Crippen LogP contribution >= 0.6 is 11.6 Å². The Hall–Kier alpha value is -3.90. The van der Waals surface area contributed by atoms with Crippen molar-refractivity contribution in [2.24, 2.45) is 5.73 Å². The summed E-state index contributed by atoms with van der Waals surface area (Å²) in [6.45, 7) is 1.69. The minimum atomic E-state index is -0.710. The summed E-state index contributed by atoms with van der Waals surface area (Å²) in [5.74, 6) is -0.890. The second-order valence-corrected chi connectivity index (χ2v) is 7.38. The first-order valence-corrected chi connectivity index (χ1v) is 9.77. The first-order chi connectivity index (χ1) is 14.9. The molecule has 3 aromatic carbocycles. The van der Waals surface area contributed by atoms with E-state index >= 15 is 0 Å². The minimum absolute atomic E-state index is 0.111. The van der Waals surface area contributed by atoms with Crippen molar-refractivity contribution in [1.29, 1.82) is 0 Å². The highest BCUT2D eigenvalue weighted by Gasteiger charge is 2.20. The van der Waals surface area contributed by atoms with Gasteiger partial charge in [-0.05, 0) is 37.3 Å². The number of nitrogens with one attached hydrogen (secondary N) is 1. The number of rotatable bonds is 4. The molecule has 0 saturated carbocycles. The van der Waals surface area contributed by atoms with Crippen LogP contribution in [0.2, 0.25) is 5.02 Å². The Balaban J connectivity index is 1.86. The normalized spacial score (nSPS) is 10.8. The lowest BCUT2D eigenvalue weighted by molar-refractivity contribution is 0.100. The number of hydrogen-bond acceptors (Lipinski definition) is 4. The van der Waals surface area contributed by atoms with E-state index in [1.54, 1.807) is 25.1 Å². The lowest BCUT2D eigenvalue weighted by Crippen LogP contribution is -2.19. The third kappa shape index (κ3) is 3.81. The van der Waals surface area contributed by atoms with Crippen molar-refractivity contribution in [2.75, 3.05) is 5.32 Å². The maximum absolute atomic E-state index is 13.1. The second kappa shape index (κ2) is 8.08. The third-order valence-corrected chi connectivity index (χ3v) is 5.16. The van der Waals surface area contributed by atoms with Crippen LogP contribution in [0.15, 0.2) is 75.9 Å². The molecule has 0 aliphatic heterocycles. The van der Waals surface area contributed by atoms with Crippen LogP contribution in [-0.4, -0.2) is 11.8 Å². The number of carbonyl (C=O) groups is 2. The molecule has 1 heterocycles. The summed E-state index contributed by atoms with van der Waals surface area (Å²) in [6.07, 6.45) is 0. The quantitative estimate of drug-likeness (QED) is 0.484. The van der Waals surface area contributed by atoms with E-state index in [2.05, 4.69) is 5.32 Å². The molecule has 154 valence electrons. The monoisotopic (exact) mass is 432 g/mol. The standard InChI is InChI=1S/C24H17ClN2O4/c1-13-20(28)17-8-5-9-18(22(17)31-21(13)14-6-3-2-4-7-14)24(30)27-19-12-15(25)10-11-16(19)23(26)29/h2-12H,1H3,(H2,26,29)(H,27,30). The van der Waals surface area contributed by atoms with Gasteiger partial charge in [-0.3, -0.25) is 14.4 Å². The fourth-order valence-corrected chi connectivity index (χ4v) is 3.55. The first kappa shape index (κ1) is 20.4. The van der Waals surface area contributed by atoms with Crippen LogP contribution < -0.4 is 16.5 Å². The highest BCUT2D eigenvalue weighted by Crippen LogP contribution is 2.28. The number of benzene rings is 3. The molecule has 0 aliphatic rings. The van der Waals surface area contributed by atoms with E-state index in [0.717, 1.165) is 5.56 Å². The van der Waals surface area contributed by atoms with E-state index < -0.39 is 11.8 Å². The highest BCUT2D eigenvalue weighted by molar-refractivity contribution is 6.31. The molecule has 4 rings (SSSR count). The molecule has 6 nitrogen and oxygen atoms in total. The van der Waals surface area contributed by atoms with E-state index in [1.807, 2.05) is 30.3 Å². The molecule has 7 heteroatoms. The summed E-state index contributed by atoms with van der Waals surface area (Å²) >= 11 is 6.01. The Bertz CT molecular complexity index is 1390. The van der Waals surface area contributed by atoms with Crippen LogP contribution in [0.1, 0.15) is 26.3 Å². The Kier molecular flexibility index (Phi) is 5.31. The van der Waals surface area contributed by atoms with Crippen molar-refractivity contribution < 1.29 is 14.0 Å². The molecule has 0 bridgehead atoms. The number of para-hydroxylation sites is 1. The van der Waals surface area contributed by atoms with Gasteiger partial charge < -0.3 is 15.5 Å². The van der Waals surface area contributed by atoms with Crippen molar-refractivity contribution in [3.8, 4) is 11.3 Å². The number of carbonyl (C=O) groups excluding carboxylic acids is 2. The van der Waals surface area contributed by atoms with Gasteiger partial charge in [0.2, 0.25) is 0 Å². The van der Waals surface area contributed by atoms with Gasteiger partial charge in [-0.2, -0.15) is 0 Å². The highest BCUT2D eigenvalue weighted by atomic mass is 35.5. The third-order valence-electron chi connectivity index (χ3n) is 4.92. The van der Waals surface area contributed by atoms with Crippen molar-refractivity contribution in [2.45, 2.75) is 6.92 Å². The smallest absolute Gasteiger partial charge is 0.259 e. The van der Waals surface area contributed by atoms with Gasteiger partial charge in [0.15, 0.2) is 11.0 Å². The molecule has 0 spiro atoms. The summed E-state index contributed by atoms with van der Waals surface area (Å²) < 4.78 is 6.07. The number of nitrogens with two attached hydrogens (primary N) is 1. The van der Waals surface area contributed by atoms with E-state index in [4.69, 9.17) is 21.8 Å². The van der Waals surface area contributed by atoms with Gasteiger partial charge in [0.05, 0.1) is 22.2 Å². The van der Waals surface area contributed by atoms with Crippen LogP contribution in [0.5, 0.6) is 0 Å². The zero-order valence-electron chi connectivity index (χ0n) is 16.4. The van der Waals surface area contributed by atoms with Gasteiger partial charge in [0, 0.05) is 16.1 Å². The first-order valence-electron chi connectivity index (χ1n) is 9.39. The number of primary amides is 1. The van der Waals surface area contributed by atoms with Crippen LogP contribution in [0.3, 0.4) is 0 Å². The van der Waals surface area contributed by atoms with E-state index in [9.17, 15) is 14.4 Å². The molecule has 2 amide bonds. The predicted octanol–water partition coefficient (Wildman–Crippen LogP) is 4.77. The number of halogens is 1. The van der Waals surface area contributed by atoms with Crippen molar-refractivity contribution >= 4 is 40.1 Å². The number of anilines is 1. The van der Waals surface area contributed by atoms with Gasteiger partial charge >= 0.3 is 0 Å². The molecular weight excluding hydrogens is 416 g/mol. The van der Waals surface area contributed by atoms with Crippen molar-refractivity contribution in [3.63, 3.8) is 0 Å². The van der Waals surface area contributed by atoms with Gasteiger partial charge in [-0.1, -0.05) is 48.0 Å². The predicted molar refractivity (Wildman–Crippen MR) is 121 cm³/mol. The van der Waals surface area contributed by atoms with Gasteiger partial charge in [0.25, 0.3) is 11.8 Å². The summed E-state index contributed by atoms with van der Waals surface area (Å²) in [5, 5.41) is 3.26. The largest absolute Gasteiger partial charge is 0.455 e. The average Bonchev–Trinajstić information content (AvgIpc) is 2.76. The fraction of sp³-hybridized carbons (Fsp3) is 0.0417. The zero-order valence-corrected chi connectivity index (χ0v) is 17.2. The molecule has 3 N–H and O–H groups in total. The lowest BCUT2D eigenvalue weighted by Gasteiger charge is -2.12. The van der Waals surface area contributed by atoms with Crippen LogP contribution in [0.4, 0.5) is 5.69 Å². The SMILES string of the molecule is Cc1c(-c2ccccc2)oc2c(C(=O)Nc3cc(Cl)ccc3C(N)=O)cccc2c1=O. The molecule has 1 aromatic heterocycles. The molecule has 0 atom stereocenters. The van der Waals surface area contributed by atoms with E-state index in [-0.39, 0.29) is 33.2 Å². The molecule has 0 saturated heterocycles. The molecule has 0 radical (unpaired) electrons. The second-order valence-electron chi connectivity index (χ2n) is 6.94. The fourth-order valence-electron chi connectivity index (χ4n) is 3.38. The Labute approximate surface area is 182 Å². The summed E-state index contributed by atoms with van der Waals surface area (Å²) in [4.78, 5) is 37.8. The topological polar surface area (TPSA) is 102 Å². The maximum atomic E-state index is 13.1. The zero-order chi connectivity index (χ0) is 22.1. The van der Waals surface area contributed by atoms with Gasteiger partial charge in [0.1, 0.15) is 5.76 Å². The Morgan fingerprint density at radius 2 is 1.71 bits per heavy atom. The number of amides is 2. The maximum Gasteiger partial charge on any atom is 0.259 e. The van der Waals surface area contributed by atoms with E-state index in [0.29, 0.717) is 16.3 Å². The Morgan fingerprint density at radius 1 is 0.968 bits per heavy atom. The molecule has 0 unspecified atom stereocenters. The van der Waals surface area contributed by atoms with Gasteiger partial charge in [-0.25, -0.2) is 0 Å². The lowest BCUT2D eigenvalue weighted by atomic mass is 10.0. The molecule has 0 fully saturated rings. The number of fused-ring (bicyclic) bond motifs is 1. The molecule has 31 heavy (non-hydrogen) atoms. The van der Waals surface area contributed by atoms with Crippen molar-refractivity contribution in [1.82, 2.24) is 0 Å². The molecular formula is C24H17ClN2O4. The van der Waals surface area contributed by atoms with Crippen LogP contribution in [-0.2, 0) is 0 Å². The van der Waals surface area contributed by atoms with Gasteiger partial charge in [-0.15, -0.1) is 0 Å². The Morgan fingerprint density at radius 3 is 2.42 bits per heavy atom. The van der Waals surface area contributed by atoms with Crippen LogP contribution in [0.25, 0.3) is 22.3 Å². The number of hydrogen-bond donors (Lipinski definition) is 2. The van der Waals surface area contributed by atoms with E-state index in [1.165, 1.54) is 18.2 Å². The summed E-state index contributed by atoms with van der Waals surface area (Å²) in [7, 11) is 0. The minimum Gasteiger partial charge on any atom is -0.455 e. The molecule has 4 aromatic rings.